The second kappa shape index (κ2) is 3.58. The van der Waals surface area contributed by atoms with Gasteiger partial charge in [0.05, 0.1) is 11.2 Å². The quantitative estimate of drug-likeness (QED) is 0.550. The van der Waals surface area contributed by atoms with E-state index in [0.717, 1.165) is 35.9 Å². The minimum Gasteiger partial charge on any atom is -0.411 e. The standard InChI is InChI=1S/C13H13FN2O/c1-16-11-7-3-6-10(15-17)12(11)8-4-2-5-9(14)13(8)16/h2,4-5,17H,3,6-7H2,1H3/b15-10+. The summed E-state index contributed by atoms with van der Waals surface area (Å²) in [6.07, 6.45) is 2.59. The molecule has 0 aliphatic heterocycles. The van der Waals surface area contributed by atoms with E-state index >= 15 is 0 Å². The lowest BCUT2D eigenvalue weighted by molar-refractivity contribution is 0.317. The molecule has 1 N–H and O–H groups in total. The predicted molar refractivity (Wildman–Crippen MR) is 64.1 cm³/mol. The number of hydrogen-bond acceptors (Lipinski definition) is 2. The summed E-state index contributed by atoms with van der Waals surface area (Å²) in [5.74, 6) is -0.225. The van der Waals surface area contributed by atoms with Crippen LogP contribution in [0.5, 0.6) is 0 Å². The zero-order valence-electron chi connectivity index (χ0n) is 9.57. The third kappa shape index (κ3) is 1.30. The van der Waals surface area contributed by atoms with E-state index in [1.807, 2.05) is 17.7 Å². The van der Waals surface area contributed by atoms with E-state index in [1.54, 1.807) is 6.07 Å². The largest absolute Gasteiger partial charge is 0.411 e. The van der Waals surface area contributed by atoms with Crippen LogP contribution >= 0.6 is 0 Å². The summed E-state index contributed by atoms with van der Waals surface area (Å²) in [5.41, 5.74) is 3.24. The molecule has 0 amide bonds. The number of benzene rings is 1. The van der Waals surface area contributed by atoms with Gasteiger partial charge in [-0.05, 0) is 25.3 Å². The van der Waals surface area contributed by atoms with Gasteiger partial charge in [-0.25, -0.2) is 4.39 Å². The van der Waals surface area contributed by atoms with E-state index in [0.29, 0.717) is 11.2 Å². The molecule has 0 unspecified atom stereocenters. The fourth-order valence-electron chi connectivity index (χ4n) is 2.78. The van der Waals surface area contributed by atoms with Crippen molar-refractivity contribution in [3.05, 3.63) is 35.3 Å². The Hall–Kier alpha value is -1.84. The van der Waals surface area contributed by atoms with Crippen molar-refractivity contribution in [2.45, 2.75) is 19.3 Å². The first-order valence-corrected chi connectivity index (χ1v) is 5.71. The predicted octanol–water partition coefficient (Wildman–Crippen LogP) is 2.83. The number of oxime groups is 1. The Morgan fingerprint density at radius 3 is 2.94 bits per heavy atom. The first-order chi connectivity index (χ1) is 8.24. The number of hydrogen-bond donors (Lipinski definition) is 1. The van der Waals surface area contributed by atoms with Crippen LogP contribution in [0.3, 0.4) is 0 Å². The number of halogens is 1. The molecule has 0 saturated carbocycles. The molecular formula is C13H13FN2O. The summed E-state index contributed by atoms with van der Waals surface area (Å²) in [5, 5.41) is 13.3. The molecule has 1 aliphatic carbocycles. The van der Waals surface area contributed by atoms with Crippen molar-refractivity contribution in [3.63, 3.8) is 0 Å². The van der Waals surface area contributed by atoms with Crippen molar-refractivity contribution < 1.29 is 9.60 Å². The monoisotopic (exact) mass is 232 g/mol. The third-order valence-corrected chi connectivity index (χ3v) is 3.52. The molecule has 1 heterocycles. The molecule has 0 fully saturated rings. The van der Waals surface area contributed by atoms with Crippen molar-refractivity contribution >= 4 is 16.6 Å². The van der Waals surface area contributed by atoms with Crippen LogP contribution in [-0.4, -0.2) is 15.5 Å². The Balaban J connectivity index is 2.47. The van der Waals surface area contributed by atoms with Crippen LogP contribution in [0.25, 0.3) is 10.9 Å². The van der Waals surface area contributed by atoms with Gasteiger partial charge in [0.15, 0.2) is 0 Å². The molecule has 2 aromatic rings. The molecule has 0 bridgehead atoms. The van der Waals surface area contributed by atoms with Crippen LogP contribution in [-0.2, 0) is 13.5 Å². The molecule has 0 radical (unpaired) electrons. The zero-order valence-corrected chi connectivity index (χ0v) is 9.57. The highest BCUT2D eigenvalue weighted by Crippen LogP contribution is 2.32. The highest BCUT2D eigenvalue weighted by atomic mass is 19.1. The Bertz CT molecular complexity index is 628. The Morgan fingerprint density at radius 2 is 2.18 bits per heavy atom. The zero-order chi connectivity index (χ0) is 12.0. The number of rotatable bonds is 0. The van der Waals surface area contributed by atoms with Crippen molar-refractivity contribution in [3.8, 4) is 0 Å². The molecule has 0 spiro atoms. The fourth-order valence-corrected chi connectivity index (χ4v) is 2.78. The Kier molecular flexibility index (Phi) is 2.18. The van der Waals surface area contributed by atoms with Gasteiger partial charge in [0, 0.05) is 23.7 Å². The highest BCUT2D eigenvalue weighted by molar-refractivity contribution is 6.12. The van der Waals surface area contributed by atoms with Crippen LogP contribution in [0.4, 0.5) is 4.39 Å². The van der Waals surface area contributed by atoms with Crippen LogP contribution in [0.1, 0.15) is 24.1 Å². The van der Waals surface area contributed by atoms with E-state index in [9.17, 15) is 4.39 Å². The maximum absolute atomic E-state index is 13.8. The van der Waals surface area contributed by atoms with E-state index in [2.05, 4.69) is 5.16 Å². The summed E-state index contributed by atoms with van der Waals surface area (Å²) in [4.78, 5) is 0. The lowest BCUT2D eigenvalue weighted by atomic mass is 9.93. The minimum absolute atomic E-state index is 0.225. The van der Waals surface area contributed by atoms with E-state index in [4.69, 9.17) is 5.21 Å². The molecule has 4 heteroatoms. The second-order valence-electron chi connectivity index (χ2n) is 4.42. The topological polar surface area (TPSA) is 37.5 Å². The number of para-hydroxylation sites is 1. The van der Waals surface area contributed by atoms with Gasteiger partial charge < -0.3 is 9.77 Å². The smallest absolute Gasteiger partial charge is 0.147 e. The lowest BCUT2D eigenvalue weighted by Gasteiger charge is -2.14. The van der Waals surface area contributed by atoms with Crippen molar-refractivity contribution in [1.29, 1.82) is 0 Å². The first kappa shape index (κ1) is 10.3. The molecule has 1 aromatic heterocycles. The fraction of sp³-hybridized carbons (Fsp3) is 0.308. The molecule has 3 nitrogen and oxygen atoms in total. The van der Waals surface area contributed by atoms with Crippen LogP contribution < -0.4 is 0 Å². The average Bonchev–Trinajstić information content (AvgIpc) is 2.65. The molecule has 1 aliphatic rings. The summed E-state index contributed by atoms with van der Waals surface area (Å²) in [7, 11) is 1.87. The van der Waals surface area contributed by atoms with Gasteiger partial charge >= 0.3 is 0 Å². The summed E-state index contributed by atoms with van der Waals surface area (Å²) in [6, 6.07) is 5.04. The molecule has 88 valence electrons. The number of aryl methyl sites for hydroxylation is 1. The van der Waals surface area contributed by atoms with Gasteiger partial charge in [-0.3, -0.25) is 0 Å². The maximum Gasteiger partial charge on any atom is 0.147 e. The number of aromatic nitrogens is 1. The van der Waals surface area contributed by atoms with E-state index < -0.39 is 0 Å². The Morgan fingerprint density at radius 1 is 1.35 bits per heavy atom. The SMILES string of the molecule is Cn1c2c(c3cccc(F)c31)/C(=N/O)CCC2. The van der Waals surface area contributed by atoms with Gasteiger partial charge in [-0.1, -0.05) is 17.3 Å². The van der Waals surface area contributed by atoms with Crippen LogP contribution in [0.15, 0.2) is 23.4 Å². The summed E-state index contributed by atoms with van der Waals surface area (Å²) >= 11 is 0. The maximum atomic E-state index is 13.8. The highest BCUT2D eigenvalue weighted by Gasteiger charge is 2.24. The summed E-state index contributed by atoms with van der Waals surface area (Å²) < 4.78 is 15.7. The van der Waals surface area contributed by atoms with Gasteiger partial charge in [0.25, 0.3) is 0 Å². The molecule has 3 rings (SSSR count). The van der Waals surface area contributed by atoms with Gasteiger partial charge in [-0.2, -0.15) is 0 Å². The lowest BCUT2D eigenvalue weighted by Crippen LogP contribution is -2.12. The molecule has 0 atom stereocenters. The average molecular weight is 232 g/mol. The van der Waals surface area contributed by atoms with Crippen molar-refractivity contribution in [1.82, 2.24) is 4.57 Å². The van der Waals surface area contributed by atoms with Crippen LogP contribution in [0, 0.1) is 5.82 Å². The molecular weight excluding hydrogens is 219 g/mol. The van der Waals surface area contributed by atoms with Crippen molar-refractivity contribution in [2.75, 3.05) is 0 Å². The number of nitrogens with zero attached hydrogens (tertiary/aromatic N) is 2. The van der Waals surface area contributed by atoms with E-state index in [-0.39, 0.29) is 5.82 Å². The summed E-state index contributed by atoms with van der Waals surface area (Å²) in [6.45, 7) is 0. The third-order valence-electron chi connectivity index (χ3n) is 3.52. The van der Waals surface area contributed by atoms with Gasteiger partial charge in [0.2, 0.25) is 0 Å². The van der Waals surface area contributed by atoms with Crippen LogP contribution in [0.2, 0.25) is 0 Å². The van der Waals surface area contributed by atoms with E-state index in [1.165, 1.54) is 6.07 Å². The van der Waals surface area contributed by atoms with Crippen molar-refractivity contribution in [2.24, 2.45) is 12.2 Å². The van der Waals surface area contributed by atoms with Gasteiger partial charge in [0.1, 0.15) is 5.82 Å². The van der Waals surface area contributed by atoms with Gasteiger partial charge in [-0.15, -0.1) is 0 Å². The number of fused-ring (bicyclic) bond motifs is 3. The molecule has 0 saturated heterocycles. The molecule has 17 heavy (non-hydrogen) atoms. The minimum atomic E-state index is -0.225. The first-order valence-electron chi connectivity index (χ1n) is 5.71. The Labute approximate surface area is 98.2 Å². The normalized spacial score (nSPS) is 17.6. The second-order valence-corrected chi connectivity index (χ2v) is 4.42. The molecule has 1 aromatic carbocycles.